The number of methoxy groups -OCH3 is 1. The van der Waals surface area contributed by atoms with Gasteiger partial charge in [0.25, 0.3) is 0 Å². The molecular weight excluding hydrogens is 489 g/mol. The van der Waals surface area contributed by atoms with E-state index in [1.54, 1.807) is 30.6 Å². The number of thiocarbonyl (C=S) groups is 1. The van der Waals surface area contributed by atoms with Gasteiger partial charge in [-0.05, 0) is 63.0 Å². The number of aromatic nitrogens is 2. The van der Waals surface area contributed by atoms with Gasteiger partial charge in [0, 0.05) is 46.5 Å². The van der Waals surface area contributed by atoms with Crippen molar-refractivity contribution >= 4 is 45.6 Å². The number of benzene rings is 1. The Morgan fingerprint density at radius 3 is 2.74 bits per heavy atom. The van der Waals surface area contributed by atoms with Gasteiger partial charge in [-0.3, -0.25) is 19.7 Å². The molecule has 9 heteroatoms. The molecule has 35 heavy (non-hydrogen) atoms. The lowest BCUT2D eigenvalue weighted by atomic mass is 9.74. The Labute approximate surface area is 214 Å². The topological polar surface area (TPSA) is 75.6 Å². The highest BCUT2D eigenvalue weighted by Crippen LogP contribution is 2.42. The van der Waals surface area contributed by atoms with Crippen LogP contribution in [0.25, 0.3) is 10.9 Å². The molecular formula is C26H27ClFN3O3S. The Morgan fingerprint density at radius 1 is 1.31 bits per heavy atom. The van der Waals surface area contributed by atoms with Gasteiger partial charge in [-0.25, -0.2) is 4.39 Å². The SMILES string of the molecule is COc1ccc2ncc(Cl)c([C@H](F)CCC3(C(=O)O)CCN(CC(=S)c4cccnc4)CC3)c2c1. The maximum absolute atomic E-state index is 15.6. The number of aliphatic carboxylic acids is 1. The van der Waals surface area contributed by atoms with Gasteiger partial charge in [0.05, 0.1) is 23.1 Å². The van der Waals surface area contributed by atoms with E-state index < -0.39 is 17.6 Å². The standard InChI is InChI=1S/C26H27ClFN3O3S/c1-34-18-4-5-22-19(13-18)24(20(27)15-30-22)21(28)6-7-26(25(32)33)8-11-31(12-9-26)16-23(35)17-3-2-10-29-14-17/h2-5,10,13-15,21H,6-9,11-12,16H2,1H3,(H,32,33)/t21-/m1/s1. The first-order valence-corrected chi connectivity index (χ1v) is 12.3. The van der Waals surface area contributed by atoms with Gasteiger partial charge in [0.2, 0.25) is 0 Å². The molecule has 1 aliphatic rings. The van der Waals surface area contributed by atoms with Crippen molar-refractivity contribution in [1.82, 2.24) is 14.9 Å². The fourth-order valence-electron chi connectivity index (χ4n) is 4.69. The molecule has 3 aromatic rings. The predicted molar refractivity (Wildman–Crippen MR) is 138 cm³/mol. The number of rotatable bonds is 9. The number of ether oxygens (including phenoxy) is 1. The van der Waals surface area contributed by atoms with Gasteiger partial charge < -0.3 is 9.84 Å². The molecule has 1 saturated heterocycles. The summed E-state index contributed by atoms with van der Waals surface area (Å²) in [5, 5.41) is 10.9. The van der Waals surface area contributed by atoms with Crippen LogP contribution in [0.15, 0.2) is 48.9 Å². The Morgan fingerprint density at radius 2 is 2.09 bits per heavy atom. The quantitative estimate of drug-likeness (QED) is 0.291. The zero-order valence-electron chi connectivity index (χ0n) is 19.4. The molecule has 0 aliphatic carbocycles. The molecule has 0 spiro atoms. The molecule has 0 bridgehead atoms. The number of carboxylic acid groups (broad SMARTS) is 1. The van der Waals surface area contributed by atoms with E-state index in [0.29, 0.717) is 54.7 Å². The minimum absolute atomic E-state index is 0.0520. The Balaban J connectivity index is 1.44. The molecule has 0 saturated carbocycles. The summed E-state index contributed by atoms with van der Waals surface area (Å²) < 4.78 is 20.9. The van der Waals surface area contributed by atoms with E-state index in [2.05, 4.69) is 14.9 Å². The van der Waals surface area contributed by atoms with Crippen LogP contribution in [0, 0.1) is 5.41 Å². The van der Waals surface area contributed by atoms with Crippen molar-refractivity contribution in [2.75, 3.05) is 26.7 Å². The number of nitrogens with zero attached hydrogens (tertiary/aromatic N) is 3. The molecule has 1 aliphatic heterocycles. The Kier molecular flexibility index (Phi) is 7.94. The number of carbonyl (C=O) groups is 1. The lowest BCUT2D eigenvalue weighted by Crippen LogP contribution is -2.45. The summed E-state index contributed by atoms with van der Waals surface area (Å²) in [7, 11) is 1.54. The molecule has 3 heterocycles. The van der Waals surface area contributed by atoms with Gasteiger partial charge in [-0.15, -0.1) is 0 Å². The van der Waals surface area contributed by atoms with Gasteiger partial charge in [0.1, 0.15) is 11.9 Å². The van der Waals surface area contributed by atoms with Gasteiger partial charge in [-0.2, -0.15) is 0 Å². The smallest absolute Gasteiger partial charge is 0.309 e. The van der Waals surface area contributed by atoms with E-state index in [1.165, 1.54) is 13.3 Å². The van der Waals surface area contributed by atoms with Crippen LogP contribution in [0.3, 0.4) is 0 Å². The highest BCUT2D eigenvalue weighted by atomic mass is 35.5. The number of fused-ring (bicyclic) bond motifs is 1. The van der Waals surface area contributed by atoms with Crippen molar-refractivity contribution in [2.24, 2.45) is 5.41 Å². The molecule has 6 nitrogen and oxygen atoms in total. The molecule has 4 rings (SSSR count). The fraction of sp³-hybridized carbons (Fsp3) is 0.385. The number of alkyl halides is 1. The van der Waals surface area contributed by atoms with E-state index in [-0.39, 0.29) is 17.9 Å². The largest absolute Gasteiger partial charge is 0.497 e. The van der Waals surface area contributed by atoms with Crippen molar-refractivity contribution in [3.63, 3.8) is 0 Å². The molecule has 0 unspecified atom stereocenters. The molecule has 1 aromatic carbocycles. The van der Waals surface area contributed by atoms with Gasteiger partial charge in [0.15, 0.2) is 0 Å². The van der Waals surface area contributed by atoms with Crippen LogP contribution in [0.4, 0.5) is 4.39 Å². The van der Waals surface area contributed by atoms with Crippen LogP contribution in [-0.2, 0) is 4.79 Å². The van der Waals surface area contributed by atoms with E-state index in [9.17, 15) is 9.90 Å². The summed E-state index contributed by atoms with van der Waals surface area (Å²) in [6.07, 6.45) is 4.59. The summed E-state index contributed by atoms with van der Waals surface area (Å²) in [6, 6.07) is 8.99. The minimum Gasteiger partial charge on any atom is -0.497 e. The number of halogens is 2. The third-order valence-corrected chi connectivity index (χ3v) is 7.54. The van der Waals surface area contributed by atoms with Gasteiger partial charge >= 0.3 is 5.97 Å². The number of pyridine rings is 2. The average Bonchev–Trinajstić information content (AvgIpc) is 2.88. The molecule has 0 amide bonds. The zero-order valence-corrected chi connectivity index (χ0v) is 21.0. The van der Waals surface area contributed by atoms with Crippen LogP contribution in [0.5, 0.6) is 5.75 Å². The summed E-state index contributed by atoms with van der Waals surface area (Å²) in [6.45, 7) is 1.74. The number of hydrogen-bond acceptors (Lipinski definition) is 6. The fourth-order valence-corrected chi connectivity index (χ4v) is 5.26. The van der Waals surface area contributed by atoms with E-state index in [0.717, 1.165) is 10.4 Å². The van der Waals surface area contributed by atoms with Crippen LogP contribution in [0.2, 0.25) is 5.02 Å². The number of carboxylic acids is 1. The second-order valence-electron chi connectivity index (χ2n) is 8.94. The van der Waals surface area contributed by atoms with E-state index >= 15 is 4.39 Å². The minimum atomic E-state index is -1.42. The average molecular weight is 516 g/mol. The van der Waals surface area contributed by atoms with Crippen molar-refractivity contribution in [2.45, 2.75) is 31.9 Å². The highest BCUT2D eigenvalue weighted by molar-refractivity contribution is 7.80. The van der Waals surface area contributed by atoms with Crippen LogP contribution in [0.1, 0.15) is 43.0 Å². The summed E-state index contributed by atoms with van der Waals surface area (Å²) in [4.78, 5) is 23.6. The molecule has 1 N–H and O–H groups in total. The van der Waals surface area contributed by atoms with E-state index in [1.807, 2.05) is 12.1 Å². The predicted octanol–water partition coefficient (Wildman–Crippen LogP) is 5.67. The molecule has 2 aromatic heterocycles. The maximum Gasteiger partial charge on any atom is 0.309 e. The second kappa shape index (κ2) is 10.9. The summed E-state index contributed by atoms with van der Waals surface area (Å²) in [5.74, 6) is -0.305. The third-order valence-electron chi connectivity index (χ3n) is 6.88. The second-order valence-corrected chi connectivity index (χ2v) is 9.84. The maximum atomic E-state index is 15.6. The van der Waals surface area contributed by atoms with Crippen LogP contribution in [-0.4, -0.2) is 57.6 Å². The first-order chi connectivity index (χ1) is 16.8. The normalized spacial score (nSPS) is 16.7. The lowest BCUT2D eigenvalue weighted by molar-refractivity contribution is -0.152. The number of likely N-dealkylation sites (tertiary alicyclic amines) is 1. The lowest BCUT2D eigenvalue weighted by Gasteiger charge is -2.39. The summed E-state index contributed by atoms with van der Waals surface area (Å²) in [5.41, 5.74) is 0.856. The molecule has 1 fully saturated rings. The molecule has 184 valence electrons. The molecule has 0 radical (unpaired) electrons. The van der Waals surface area contributed by atoms with Crippen molar-refractivity contribution < 1.29 is 19.0 Å². The van der Waals surface area contributed by atoms with Crippen molar-refractivity contribution in [3.8, 4) is 5.75 Å². The first-order valence-electron chi connectivity index (χ1n) is 11.5. The monoisotopic (exact) mass is 515 g/mol. The van der Waals surface area contributed by atoms with Crippen LogP contribution >= 0.6 is 23.8 Å². The first kappa shape index (κ1) is 25.4. The van der Waals surface area contributed by atoms with Gasteiger partial charge in [-0.1, -0.05) is 29.9 Å². The van der Waals surface area contributed by atoms with Crippen molar-refractivity contribution in [1.29, 1.82) is 0 Å². The zero-order chi connectivity index (χ0) is 25.0. The van der Waals surface area contributed by atoms with Crippen LogP contribution < -0.4 is 4.74 Å². The van der Waals surface area contributed by atoms with Crippen molar-refractivity contribution in [3.05, 3.63) is 65.1 Å². The highest BCUT2D eigenvalue weighted by Gasteiger charge is 2.42. The molecule has 1 atom stereocenters. The number of hydrogen-bond donors (Lipinski definition) is 1. The summed E-state index contributed by atoms with van der Waals surface area (Å²) >= 11 is 11.9. The number of piperidine rings is 1. The van der Waals surface area contributed by atoms with E-state index in [4.69, 9.17) is 28.6 Å². The third kappa shape index (κ3) is 5.60. The Bertz CT molecular complexity index is 1220. The Hall–Kier alpha value is -2.68.